The zero-order valence-corrected chi connectivity index (χ0v) is 19.8. The van der Waals surface area contributed by atoms with Gasteiger partial charge in [0, 0.05) is 30.3 Å². The minimum atomic E-state index is -0.0865. The molecule has 174 valence electrons. The van der Waals surface area contributed by atoms with Crippen molar-refractivity contribution in [2.24, 2.45) is 0 Å². The van der Waals surface area contributed by atoms with Crippen molar-refractivity contribution in [2.45, 2.75) is 37.5 Å². The lowest BCUT2D eigenvalue weighted by Gasteiger charge is -2.13. The van der Waals surface area contributed by atoms with Gasteiger partial charge >= 0.3 is 0 Å². The minimum Gasteiger partial charge on any atom is -0.496 e. The summed E-state index contributed by atoms with van der Waals surface area (Å²) in [7, 11) is 1.64. The van der Waals surface area contributed by atoms with E-state index in [9.17, 15) is 4.79 Å². The normalized spacial score (nSPS) is 11.4. The molecule has 0 radical (unpaired) electrons. The summed E-state index contributed by atoms with van der Waals surface area (Å²) in [6.07, 6.45) is 7.07. The van der Waals surface area contributed by atoms with Gasteiger partial charge in [0.05, 0.1) is 24.6 Å². The van der Waals surface area contributed by atoms with E-state index in [0.717, 1.165) is 53.5 Å². The van der Waals surface area contributed by atoms with Crippen LogP contribution in [0.5, 0.6) is 5.75 Å². The number of methoxy groups -OCH3 is 1. The van der Waals surface area contributed by atoms with Crippen LogP contribution in [0.1, 0.15) is 24.8 Å². The van der Waals surface area contributed by atoms with E-state index in [0.29, 0.717) is 17.7 Å². The number of nitrogens with zero attached hydrogens (tertiary/aromatic N) is 6. The fraction of sp³-hybridized carbons (Fsp3) is 0.280. The van der Waals surface area contributed by atoms with Gasteiger partial charge in [-0.2, -0.15) is 5.10 Å². The Morgan fingerprint density at radius 1 is 0.971 bits per heavy atom. The molecule has 0 aliphatic carbocycles. The Balaban J connectivity index is 1.41. The fourth-order valence-corrected chi connectivity index (χ4v) is 5.06. The molecule has 3 heterocycles. The van der Waals surface area contributed by atoms with E-state index < -0.39 is 0 Å². The Bertz CT molecular complexity index is 1460. The first kappa shape index (κ1) is 22.2. The van der Waals surface area contributed by atoms with Gasteiger partial charge in [0.2, 0.25) is 5.78 Å². The Kier molecular flexibility index (Phi) is 6.62. The zero-order chi connectivity index (χ0) is 23.3. The Morgan fingerprint density at radius 2 is 1.82 bits per heavy atom. The first-order valence-electron chi connectivity index (χ1n) is 11.3. The first-order valence-corrected chi connectivity index (χ1v) is 12.3. The third-order valence-corrected chi connectivity index (χ3v) is 6.84. The molecule has 0 atom stereocenters. The Hall–Kier alpha value is -3.59. The highest BCUT2D eigenvalue weighted by Crippen LogP contribution is 2.24. The van der Waals surface area contributed by atoms with Gasteiger partial charge in [0.25, 0.3) is 5.56 Å². The quantitative estimate of drug-likeness (QED) is 0.222. The lowest BCUT2D eigenvalue weighted by Crippen LogP contribution is -2.24. The second-order valence-corrected chi connectivity index (χ2v) is 9.08. The lowest BCUT2D eigenvalue weighted by atomic mass is 10.2. The van der Waals surface area contributed by atoms with Crippen molar-refractivity contribution in [3.8, 4) is 5.75 Å². The molecule has 0 unspecified atom stereocenters. The van der Waals surface area contributed by atoms with Crippen molar-refractivity contribution in [2.75, 3.05) is 12.9 Å². The molecule has 8 nitrogen and oxygen atoms in total. The number of thioether (sulfide) groups is 1. The van der Waals surface area contributed by atoms with Crippen molar-refractivity contribution in [3.05, 3.63) is 82.9 Å². The van der Waals surface area contributed by atoms with Crippen LogP contribution in [0.25, 0.3) is 16.7 Å². The molecule has 0 spiro atoms. The van der Waals surface area contributed by atoms with E-state index in [-0.39, 0.29) is 5.56 Å². The van der Waals surface area contributed by atoms with Crippen LogP contribution in [0, 0.1) is 0 Å². The summed E-state index contributed by atoms with van der Waals surface area (Å²) < 4.78 is 11.2. The average Bonchev–Trinajstić information content (AvgIpc) is 3.54. The van der Waals surface area contributed by atoms with Crippen LogP contribution < -0.4 is 10.3 Å². The minimum absolute atomic E-state index is 0.0865. The van der Waals surface area contributed by atoms with Gasteiger partial charge in [-0.1, -0.05) is 48.5 Å². The van der Waals surface area contributed by atoms with Gasteiger partial charge in [0.1, 0.15) is 5.75 Å². The predicted molar refractivity (Wildman–Crippen MR) is 134 cm³/mol. The number of fused-ring (bicyclic) bond motifs is 3. The molecular weight excluding hydrogens is 448 g/mol. The van der Waals surface area contributed by atoms with E-state index in [1.54, 1.807) is 23.4 Å². The number of rotatable bonds is 10. The van der Waals surface area contributed by atoms with Crippen molar-refractivity contribution >= 4 is 28.4 Å². The third-order valence-electron chi connectivity index (χ3n) is 5.82. The van der Waals surface area contributed by atoms with E-state index in [1.165, 1.54) is 0 Å². The molecule has 2 aromatic carbocycles. The van der Waals surface area contributed by atoms with Gasteiger partial charge in [-0.25, -0.2) is 0 Å². The maximum Gasteiger partial charge on any atom is 0.263 e. The highest BCUT2D eigenvalue weighted by atomic mass is 32.2. The lowest BCUT2D eigenvalue weighted by molar-refractivity contribution is 0.408. The number of ether oxygens (including phenoxy) is 1. The van der Waals surface area contributed by atoms with Crippen LogP contribution >= 0.6 is 11.8 Å². The molecule has 9 heteroatoms. The molecule has 34 heavy (non-hydrogen) atoms. The molecule has 0 aliphatic heterocycles. The molecule has 0 bridgehead atoms. The number of aromatic nitrogens is 6. The maximum atomic E-state index is 13.4. The van der Waals surface area contributed by atoms with E-state index in [1.807, 2.05) is 76.1 Å². The molecular formula is C25H26N6O2S. The molecule has 5 rings (SSSR count). The van der Waals surface area contributed by atoms with Crippen LogP contribution in [-0.2, 0) is 13.1 Å². The smallest absolute Gasteiger partial charge is 0.263 e. The SMILES string of the molecule is COc1ccccc1Cn1c(=O)c2ccccc2n2c(SCCCCCn3cccn3)nnc12. The number of hydrogen-bond acceptors (Lipinski definition) is 6. The average molecular weight is 475 g/mol. The van der Waals surface area contributed by atoms with Crippen LogP contribution in [0.2, 0.25) is 0 Å². The third kappa shape index (κ3) is 4.43. The summed E-state index contributed by atoms with van der Waals surface area (Å²) in [6, 6.07) is 17.3. The molecule has 5 aromatic rings. The van der Waals surface area contributed by atoms with E-state index >= 15 is 0 Å². The standard InChI is InChI=1S/C25H26N6O2S/c1-33-22-13-6-3-10-19(22)18-30-23(32)20-11-4-5-12-21(20)31-24(30)27-28-25(31)34-17-8-2-7-15-29-16-9-14-26-29/h3-6,9-14,16H,2,7-8,15,17-18H2,1H3. The monoisotopic (exact) mass is 474 g/mol. The molecule has 0 amide bonds. The van der Waals surface area contributed by atoms with E-state index in [2.05, 4.69) is 15.3 Å². The maximum absolute atomic E-state index is 13.4. The fourth-order valence-electron chi connectivity index (χ4n) is 4.12. The van der Waals surface area contributed by atoms with E-state index in [4.69, 9.17) is 4.74 Å². The van der Waals surface area contributed by atoms with Gasteiger partial charge in [-0.3, -0.25) is 18.4 Å². The summed E-state index contributed by atoms with van der Waals surface area (Å²) in [5.41, 5.74) is 1.65. The van der Waals surface area contributed by atoms with Crippen LogP contribution in [0.3, 0.4) is 0 Å². The summed E-state index contributed by atoms with van der Waals surface area (Å²) in [6.45, 7) is 1.29. The number of hydrogen-bond donors (Lipinski definition) is 0. The number of unbranched alkanes of at least 4 members (excludes halogenated alkanes) is 2. The predicted octanol–water partition coefficient (Wildman–Crippen LogP) is 4.26. The largest absolute Gasteiger partial charge is 0.496 e. The van der Waals surface area contributed by atoms with Crippen LogP contribution in [-0.4, -0.2) is 41.8 Å². The van der Waals surface area contributed by atoms with Crippen molar-refractivity contribution in [1.29, 1.82) is 0 Å². The molecule has 0 saturated heterocycles. The Labute approximate surface area is 201 Å². The molecule has 0 fully saturated rings. The highest BCUT2D eigenvalue weighted by Gasteiger charge is 2.17. The summed E-state index contributed by atoms with van der Waals surface area (Å²) >= 11 is 1.67. The number of para-hydroxylation sites is 2. The molecule has 0 saturated carbocycles. The van der Waals surface area contributed by atoms with Crippen molar-refractivity contribution < 1.29 is 4.74 Å². The van der Waals surface area contributed by atoms with Crippen molar-refractivity contribution in [1.82, 2.24) is 28.9 Å². The number of benzene rings is 2. The Morgan fingerprint density at radius 3 is 2.68 bits per heavy atom. The second-order valence-electron chi connectivity index (χ2n) is 8.02. The second kappa shape index (κ2) is 10.1. The van der Waals surface area contributed by atoms with Gasteiger partial charge in [-0.05, 0) is 37.1 Å². The summed E-state index contributed by atoms with van der Waals surface area (Å²) in [5.74, 6) is 2.21. The van der Waals surface area contributed by atoms with Gasteiger partial charge < -0.3 is 4.74 Å². The van der Waals surface area contributed by atoms with Gasteiger partial charge in [0.15, 0.2) is 5.16 Å². The molecule has 0 N–H and O–H groups in total. The first-order chi connectivity index (χ1) is 16.8. The number of aryl methyl sites for hydroxylation is 1. The summed E-state index contributed by atoms with van der Waals surface area (Å²) in [5, 5.41) is 14.6. The topological polar surface area (TPSA) is 79.2 Å². The van der Waals surface area contributed by atoms with Crippen molar-refractivity contribution in [3.63, 3.8) is 0 Å². The highest BCUT2D eigenvalue weighted by molar-refractivity contribution is 7.99. The molecule has 3 aromatic heterocycles. The van der Waals surface area contributed by atoms with Crippen LogP contribution in [0.15, 0.2) is 76.9 Å². The van der Waals surface area contributed by atoms with Gasteiger partial charge in [-0.15, -0.1) is 10.2 Å². The molecule has 0 aliphatic rings. The van der Waals surface area contributed by atoms with Crippen LogP contribution in [0.4, 0.5) is 0 Å². The zero-order valence-electron chi connectivity index (χ0n) is 19.0. The summed E-state index contributed by atoms with van der Waals surface area (Å²) in [4.78, 5) is 13.4.